The van der Waals surface area contributed by atoms with Gasteiger partial charge in [-0.2, -0.15) is 0 Å². The molecule has 2 aromatic carbocycles. The standard InChI is InChI=1S/C17H18O4/c1-11(12-4-6-13(18-2)7-5-12)14-8-16-17(21-10-20-16)9-15(14)19-3/h4-9,11H,10H2,1-3H3. The van der Waals surface area contributed by atoms with Gasteiger partial charge in [-0.1, -0.05) is 19.1 Å². The van der Waals surface area contributed by atoms with Crippen molar-refractivity contribution in [2.24, 2.45) is 0 Å². The molecule has 0 fully saturated rings. The van der Waals surface area contributed by atoms with E-state index in [2.05, 4.69) is 19.1 Å². The van der Waals surface area contributed by atoms with E-state index in [1.54, 1.807) is 14.2 Å². The van der Waals surface area contributed by atoms with Crippen LogP contribution in [0.15, 0.2) is 36.4 Å². The lowest BCUT2D eigenvalue weighted by atomic mass is 9.92. The molecule has 0 radical (unpaired) electrons. The second-order valence-electron chi connectivity index (χ2n) is 4.94. The Balaban J connectivity index is 1.98. The average molecular weight is 286 g/mol. The Morgan fingerprint density at radius 2 is 1.62 bits per heavy atom. The topological polar surface area (TPSA) is 36.9 Å². The zero-order chi connectivity index (χ0) is 14.8. The van der Waals surface area contributed by atoms with Crippen molar-refractivity contribution < 1.29 is 18.9 Å². The summed E-state index contributed by atoms with van der Waals surface area (Å²) >= 11 is 0. The SMILES string of the molecule is COc1ccc(C(C)c2cc3c(cc2OC)OCO3)cc1. The molecule has 1 atom stereocenters. The molecule has 110 valence electrons. The van der Waals surface area contributed by atoms with Gasteiger partial charge in [-0.3, -0.25) is 0 Å². The fourth-order valence-electron chi connectivity index (χ4n) is 2.53. The van der Waals surface area contributed by atoms with E-state index in [0.717, 1.165) is 28.6 Å². The van der Waals surface area contributed by atoms with Gasteiger partial charge in [0.1, 0.15) is 11.5 Å². The zero-order valence-electron chi connectivity index (χ0n) is 12.4. The van der Waals surface area contributed by atoms with Gasteiger partial charge >= 0.3 is 0 Å². The van der Waals surface area contributed by atoms with E-state index in [9.17, 15) is 0 Å². The second-order valence-corrected chi connectivity index (χ2v) is 4.94. The van der Waals surface area contributed by atoms with Crippen LogP contribution in [-0.4, -0.2) is 21.0 Å². The molecular formula is C17H18O4. The van der Waals surface area contributed by atoms with Gasteiger partial charge in [-0.25, -0.2) is 0 Å². The quantitative estimate of drug-likeness (QED) is 0.860. The van der Waals surface area contributed by atoms with E-state index in [0.29, 0.717) is 0 Å². The van der Waals surface area contributed by atoms with Crippen molar-refractivity contribution in [1.82, 2.24) is 0 Å². The molecule has 4 heteroatoms. The van der Waals surface area contributed by atoms with Gasteiger partial charge in [-0.15, -0.1) is 0 Å². The predicted molar refractivity (Wildman–Crippen MR) is 79.6 cm³/mol. The Kier molecular flexibility index (Phi) is 3.60. The molecule has 1 heterocycles. The molecule has 0 amide bonds. The Labute approximate surface area is 124 Å². The van der Waals surface area contributed by atoms with Gasteiger partial charge in [0.15, 0.2) is 11.5 Å². The first-order valence-electron chi connectivity index (χ1n) is 6.84. The number of hydrogen-bond donors (Lipinski definition) is 0. The molecule has 21 heavy (non-hydrogen) atoms. The van der Waals surface area contributed by atoms with Gasteiger partial charge in [0, 0.05) is 17.5 Å². The maximum Gasteiger partial charge on any atom is 0.231 e. The molecule has 0 bridgehead atoms. The minimum atomic E-state index is 0.181. The molecule has 0 N–H and O–H groups in total. The Morgan fingerprint density at radius 1 is 0.952 bits per heavy atom. The lowest BCUT2D eigenvalue weighted by Crippen LogP contribution is -2.00. The monoisotopic (exact) mass is 286 g/mol. The molecule has 1 aliphatic heterocycles. The molecule has 0 saturated carbocycles. The molecule has 0 aromatic heterocycles. The van der Waals surface area contributed by atoms with Gasteiger partial charge in [0.05, 0.1) is 14.2 Å². The molecule has 0 spiro atoms. The fraction of sp³-hybridized carbons (Fsp3) is 0.294. The van der Waals surface area contributed by atoms with Crippen LogP contribution in [0.1, 0.15) is 24.0 Å². The highest BCUT2D eigenvalue weighted by molar-refractivity contribution is 5.54. The third-order valence-electron chi connectivity index (χ3n) is 3.81. The smallest absolute Gasteiger partial charge is 0.231 e. The van der Waals surface area contributed by atoms with Crippen LogP contribution < -0.4 is 18.9 Å². The number of ether oxygens (including phenoxy) is 4. The lowest BCUT2D eigenvalue weighted by molar-refractivity contribution is 0.174. The predicted octanol–water partition coefficient (Wildman–Crippen LogP) is 3.58. The van der Waals surface area contributed by atoms with Crippen LogP contribution in [-0.2, 0) is 0 Å². The highest BCUT2D eigenvalue weighted by atomic mass is 16.7. The highest BCUT2D eigenvalue weighted by Gasteiger charge is 2.21. The number of methoxy groups -OCH3 is 2. The van der Waals surface area contributed by atoms with E-state index in [-0.39, 0.29) is 12.7 Å². The third-order valence-corrected chi connectivity index (χ3v) is 3.81. The molecule has 1 unspecified atom stereocenters. The van der Waals surface area contributed by atoms with Crippen molar-refractivity contribution in [3.63, 3.8) is 0 Å². The summed E-state index contributed by atoms with van der Waals surface area (Å²) in [7, 11) is 3.33. The van der Waals surface area contributed by atoms with Crippen molar-refractivity contribution in [3.05, 3.63) is 47.5 Å². The maximum atomic E-state index is 5.50. The molecule has 0 saturated heterocycles. The molecule has 3 rings (SSSR count). The van der Waals surface area contributed by atoms with Crippen LogP contribution in [0.25, 0.3) is 0 Å². The van der Waals surface area contributed by atoms with E-state index < -0.39 is 0 Å². The van der Waals surface area contributed by atoms with Crippen molar-refractivity contribution in [2.75, 3.05) is 21.0 Å². The van der Waals surface area contributed by atoms with Crippen molar-refractivity contribution >= 4 is 0 Å². The summed E-state index contributed by atoms with van der Waals surface area (Å²) in [5.41, 5.74) is 2.26. The minimum Gasteiger partial charge on any atom is -0.497 e. The third kappa shape index (κ3) is 2.49. The van der Waals surface area contributed by atoms with Crippen LogP contribution in [0.3, 0.4) is 0 Å². The molecule has 0 aliphatic carbocycles. The van der Waals surface area contributed by atoms with Crippen LogP contribution in [0.5, 0.6) is 23.0 Å². The number of benzene rings is 2. The first kappa shape index (κ1) is 13.6. The first-order valence-corrected chi connectivity index (χ1v) is 6.84. The summed E-state index contributed by atoms with van der Waals surface area (Å²) < 4.78 is 21.6. The molecule has 4 nitrogen and oxygen atoms in total. The van der Waals surface area contributed by atoms with Crippen molar-refractivity contribution in [3.8, 4) is 23.0 Å². The van der Waals surface area contributed by atoms with Crippen LogP contribution in [0, 0.1) is 0 Å². The Morgan fingerprint density at radius 3 is 2.24 bits per heavy atom. The van der Waals surface area contributed by atoms with Crippen molar-refractivity contribution in [2.45, 2.75) is 12.8 Å². The van der Waals surface area contributed by atoms with Crippen molar-refractivity contribution in [1.29, 1.82) is 0 Å². The normalized spacial score (nSPS) is 13.9. The van der Waals surface area contributed by atoms with Gasteiger partial charge < -0.3 is 18.9 Å². The number of hydrogen-bond acceptors (Lipinski definition) is 4. The zero-order valence-corrected chi connectivity index (χ0v) is 12.4. The number of rotatable bonds is 4. The van der Waals surface area contributed by atoms with E-state index in [4.69, 9.17) is 18.9 Å². The largest absolute Gasteiger partial charge is 0.497 e. The molecule has 2 aromatic rings. The minimum absolute atomic E-state index is 0.181. The summed E-state index contributed by atoms with van der Waals surface area (Å²) in [5.74, 6) is 3.34. The van der Waals surface area contributed by atoms with E-state index >= 15 is 0 Å². The summed E-state index contributed by atoms with van der Waals surface area (Å²) in [6.07, 6.45) is 0. The van der Waals surface area contributed by atoms with Gasteiger partial charge in [0.25, 0.3) is 0 Å². The Bertz CT molecular complexity index is 634. The number of fused-ring (bicyclic) bond motifs is 1. The summed E-state index contributed by atoms with van der Waals surface area (Å²) in [4.78, 5) is 0. The van der Waals surface area contributed by atoms with Crippen LogP contribution >= 0.6 is 0 Å². The van der Waals surface area contributed by atoms with Gasteiger partial charge in [-0.05, 0) is 23.8 Å². The first-order chi connectivity index (χ1) is 10.2. The van der Waals surface area contributed by atoms with E-state index in [1.165, 1.54) is 5.56 Å². The maximum absolute atomic E-state index is 5.50. The molecular weight excluding hydrogens is 268 g/mol. The lowest BCUT2D eigenvalue weighted by Gasteiger charge is -2.17. The summed E-state index contributed by atoms with van der Waals surface area (Å²) in [6.45, 7) is 2.40. The highest BCUT2D eigenvalue weighted by Crippen LogP contribution is 2.42. The summed E-state index contributed by atoms with van der Waals surface area (Å²) in [6, 6.07) is 11.9. The van der Waals surface area contributed by atoms with E-state index in [1.807, 2.05) is 24.3 Å². The van der Waals surface area contributed by atoms with Crippen LogP contribution in [0.2, 0.25) is 0 Å². The fourth-order valence-corrected chi connectivity index (χ4v) is 2.53. The molecule has 1 aliphatic rings. The second kappa shape index (κ2) is 5.56. The Hall–Kier alpha value is -2.36. The summed E-state index contributed by atoms with van der Waals surface area (Å²) in [5, 5.41) is 0. The van der Waals surface area contributed by atoms with Gasteiger partial charge in [0.2, 0.25) is 6.79 Å². The average Bonchev–Trinajstić information content (AvgIpc) is 3.00. The van der Waals surface area contributed by atoms with Crippen LogP contribution in [0.4, 0.5) is 0 Å².